The first-order valence-electron chi connectivity index (χ1n) is 9.42. The zero-order chi connectivity index (χ0) is 22.7. The molecular weight excluding hydrogens is 416 g/mol. The molecule has 11 nitrogen and oxygen atoms in total. The fourth-order valence-electron chi connectivity index (χ4n) is 3.04. The largest absolute Gasteiger partial charge is 0.478 e. The normalized spacial score (nSPS) is 11.7. The van der Waals surface area contributed by atoms with E-state index in [-0.39, 0.29) is 42.0 Å². The molecule has 11 heteroatoms. The molecule has 162 valence electrons. The second-order valence-electron chi connectivity index (χ2n) is 6.74. The zero-order valence-corrected chi connectivity index (χ0v) is 16.9. The molecule has 0 aliphatic rings. The molecule has 0 fully saturated rings. The number of methoxy groups -OCH3 is 1. The van der Waals surface area contributed by atoms with Gasteiger partial charge in [0.05, 0.1) is 17.0 Å². The molecule has 0 saturated heterocycles. The molecule has 0 aliphatic heterocycles. The lowest BCUT2D eigenvalue weighted by molar-refractivity contribution is -0.117. The lowest BCUT2D eigenvalue weighted by atomic mass is 10.2. The number of aromatic carboxylic acids is 1. The van der Waals surface area contributed by atoms with Crippen molar-refractivity contribution < 1.29 is 24.2 Å². The Bertz CT molecular complexity index is 1350. The Morgan fingerprint density at radius 1 is 1.16 bits per heavy atom. The number of carbonyl (C=O) groups is 2. The molecule has 0 amide bonds. The summed E-state index contributed by atoms with van der Waals surface area (Å²) in [5, 5.41) is 23.2. The van der Waals surface area contributed by atoms with Crippen LogP contribution in [0.3, 0.4) is 0 Å². The molecule has 0 saturated carbocycles. The molecule has 0 aliphatic carbocycles. The van der Waals surface area contributed by atoms with Gasteiger partial charge in [0.2, 0.25) is 11.7 Å². The average molecular weight is 434 g/mol. The Hall–Kier alpha value is -4.38. The van der Waals surface area contributed by atoms with E-state index in [2.05, 4.69) is 20.3 Å². The van der Waals surface area contributed by atoms with Gasteiger partial charge in [-0.05, 0) is 18.2 Å². The SMILES string of the molecule is COCC(=O)C=C(N)c1nnc2c3ccccc3c(OCc3ccc(C(=O)O)cn3)nn12. The first-order valence-corrected chi connectivity index (χ1v) is 9.42. The number of carboxylic acids is 1. The molecule has 0 bridgehead atoms. The third kappa shape index (κ3) is 4.09. The summed E-state index contributed by atoms with van der Waals surface area (Å²) in [5.41, 5.74) is 7.19. The van der Waals surface area contributed by atoms with Gasteiger partial charge in [-0.3, -0.25) is 9.78 Å². The summed E-state index contributed by atoms with van der Waals surface area (Å²) in [4.78, 5) is 27.0. The van der Waals surface area contributed by atoms with Gasteiger partial charge in [0.25, 0.3) is 0 Å². The van der Waals surface area contributed by atoms with Crippen LogP contribution in [0.15, 0.2) is 48.7 Å². The van der Waals surface area contributed by atoms with Crippen molar-refractivity contribution in [2.24, 2.45) is 5.73 Å². The molecule has 3 heterocycles. The van der Waals surface area contributed by atoms with Crippen LogP contribution >= 0.6 is 0 Å². The second kappa shape index (κ2) is 8.78. The molecule has 0 unspecified atom stereocenters. The number of rotatable bonds is 8. The van der Waals surface area contributed by atoms with Crippen LogP contribution in [0, 0.1) is 0 Å². The molecule has 0 spiro atoms. The van der Waals surface area contributed by atoms with Crippen LogP contribution in [-0.4, -0.2) is 55.4 Å². The Balaban J connectivity index is 1.72. The first kappa shape index (κ1) is 20.9. The maximum atomic E-state index is 11.9. The summed E-state index contributed by atoms with van der Waals surface area (Å²) in [6, 6.07) is 10.4. The number of nitrogens with zero attached hydrogens (tertiary/aromatic N) is 5. The average Bonchev–Trinajstić information content (AvgIpc) is 3.22. The minimum Gasteiger partial charge on any atom is -0.478 e. The number of ketones is 1. The lowest BCUT2D eigenvalue weighted by Crippen LogP contribution is -2.11. The highest BCUT2D eigenvalue weighted by Crippen LogP contribution is 2.27. The molecule has 0 radical (unpaired) electrons. The van der Waals surface area contributed by atoms with E-state index in [1.165, 1.54) is 30.0 Å². The number of hydrogen-bond acceptors (Lipinski definition) is 9. The maximum Gasteiger partial charge on any atom is 0.337 e. The number of pyridine rings is 1. The van der Waals surface area contributed by atoms with E-state index < -0.39 is 5.97 Å². The maximum absolute atomic E-state index is 11.9. The zero-order valence-electron chi connectivity index (χ0n) is 16.9. The number of fused-ring (bicyclic) bond motifs is 3. The molecule has 4 rings (SSSR count). The number of ether oxygens (including phenoxy) is 2. The summed E-state index contributed by atoms with van der Waals surface area (Å²) < 4.78 is 12.1. The van der Waals surface area contributed by atoms with Gasteiger partial charge in [0, 0.05) is 30.2 Å². The van der Waals surface area contributed by atoms with E-state index in [0.29, 0.717) is 16.7 Å². The molecule has 4 aromatic rings. The predicted octanol–water partition coefficient (Wildman–Crippen LogP) is 1.46. The third-order valence-electron chi connectivity index (χ3n) is 4.52. The number of carbonyl (C=O) groups excluding carboxylic acids is 1. The summed E-state index contributed by atoms with van der Waals surface area (Å²) in [7, 11) is 1.41. The first-order chi connectivity index (χ1) is 15.5. The third-order valence-corrected chi connectivity index (χ3v) is 4.52. The van der Waals surface area contributed by atoms with Crippen molar-refractivity contribution in [2.75, 3.05) is 13.7 Å². The monoisotopic (exact) mass is 434 g/mol. The molecule has 3 N–H and O–H groups in total. The van der Waals surface area contributed by atoms with Crippen LogP contribution < -0.4 is 10.5 Å². The lowest BCUT2D eigenvalue weighted by Gasteiger charge is -2.10. The van der Waals surface area contributed by atoms with E-state index in [1.807, 2.05) is 24.3 Å². The number of aromatic nitrogens is 5. The summed E-state index contributed by atoms with van der Waals surface area (Å²) in [6.07, 6.45) is 2.47. The Kier molecular flexibility index (Phi) is 5.73. The highest BCUT2D eigenvalue weighted by Gasteiger charge is 2.17. The second-order valence-corrected chi connectivity index (χ2v) is 6.74. The van der Waals surface area contributed by atoms with Gasteiger partial charge >= 0.3 is 5.97 Å². The number of hydrogen-bond donors (Lipinski definition) is 2. The van der Waals surface area contributed by atoms with Gasteiger partial charge in [-0.25, -0.2) is 4.79 Å². The van der Waals surface area contributed by atoms with Crippen molar-refractivity contribution in [3.63, 3.8) is 0 Å². The van der Waals surface area contributed by atoms with Crippen LogP contribution in [0.2, 0.25) is 0 Å². The van der Waals surface area contributed by atoms with E-state index in [4.69, 9.17) is 20.3 Å². The predicted molar refractivity (Wildman–Crippen MR) is 113 cm³/mol. The van der Waals surface area contributed by atoms with Crippen molar-refractivity contribution >= 4 is 33.9 Å². The van der Waals surface area contributed by atoms with Crippen molar-refractivity contribution in [3.8, 4) is 5.88 Å². The van der Waals surface area contributed by atoms with E-state index in [0.717, 1.165) is 5.39 Å². The standard InChI is InChI=1S/C21H18N6O5/c1-31-11-14(28)8-17(22)19-25-24-18-15-4-2-3-5-16(15)20(26-27(18)19)32-10-13-7-6-12(9-23-13)21(29)30/h2-9H,10-11,22H2,1H3,(H,29,30). The Morgan fingerprint density at radius 3 is 2.62 bits per heavy atom. The van der Waals surface area contributed by atoms with Crippen LogP contribution in [0.25, 0.3) is 22.1 Å². The molecule has 0 atom stereocenters. The van der Waals surface area contributed by atoms with Gasteiger partial charge in [-0.15, -0.1) is 15.3 Å². The number of benzene rings is 1. The quantitative estimate of drug-likeness (QED) is 0.389. The van der Waals surface area contributed by atoms with E-state index in [1.54, 1.807) is 6.07 Å². The topological polar surface area (TPSA) is 155 Å². The molecule has 1 aromatic carbocycles. The van der Waals surface area contributed by atoms with Gasteiger partial charge < -0.3 is 20.3 Å². The Labute approximate surface area is 181 Å². The van der Waals surface area contributed by atoms with Crippen LogP contribution in [0.5, 0.6) is 5.88 Å². The van der Waals surface area contributed by atoms with Crippen LogP contribution in [0.4, 0.5) is 0 Å². The fraction of sp³-hybridized carbons (Fsp3) is 0.143. The Morgan fingerprint density at radius 2 is 1.94 bits per heavy atom. The fourth-order valence-corrected chi connectivity index (χ4v) is 3.04. The van der Waals surface area contributed by atoms with Crippen molar-refractivity contribution in [3.05, 3.63) is 65.8 Å². The molecule has 3 aromatic heterocycles. The van der Waals surface area contributed by atoms with Gasteiger partial charge in [0.1, 0.15) is 13.2 Å². The highest BCUT2D eigenvalue weighted by molar-refractivity contribution is 5.98. The molecule has 32 heavy (non-hydrogen) atoms. The summed E-state index contributed by atoms with van der Waals surface area (Å²) >= 11 is 0. The van der Waals surface area contributed by atoms with Crippen molar-refractivity contribution in [1.29, 1.82) is 0 Å². The minimum atomic E-state index is -1.06. The van der Waals surface area contributed by atoms with Gasteiger partial charge in [-0.1, -0.05) is 18.2 Å². The van der Waals surface area contributed by atoms with Crippen LogP contribution in [0.1, 0.15) is 21.9 Å². The summed E-state index contributed by atoms with van der Waals surface area (Å²) in [6.45, 7) is -0.0622. The van der Waals surface area contributed by atoms with Crippen molar-refractivity contribution in [1.82, 2.24) is 24.8 Å². The van der Waals surface area contributed by atoms with Gasteiger partial charge in [0.15, 0.2) is 11.4 Å². The summed E-state index contributed by atoms with van der Waals surface area (Å²) in [5.74, 6) is -0.925. The minimum absolute atomic E-state index is 0.0531. The van der Waals surface area contributed by atoms with Gasteiger partial charge in [-0.2, -0.15) is 4.52 Å². The highest BCUT2D eigenvalue weighted by atomic mass is 16.5. The van der Waals surface area contributed by atoms with E-state index >= 15 is 0 Å². The number of carboxylic acid groups (broad SMARTS) is 1. The van der Waals surface area contributed by atoms with E-state index in [9.17, 15) is 9.59 Å². The van der Waals surface area contributed by atoms with Crippen LogP contribution in [-0.2, 0) is 16.1 Å². The smallest absolute Gasteiger partial charge is 0.337 e. The molecular formula is C21H18N6O5. The van der Waals surface area contributed by atoms with Crippen molar-refractivity contribution in [2.45, 2.75) is 6.61 Å². The number of nitrogens with two attached hydrogens (primary N) is 1.